The standard InChI is InChI=1S/C13H18ClN3/c1-4-10(15-3)13-16-11-7-6-9(14)8-12(11)17(13)5-2/h6-8,10,15H,4-5H2,1-3H3. The van der Waals surface area contributed by atoms with Crippen molar-refractivity contribution in [3.8, 4) is 0 Å². The van der Waals surface area contributed by atoms with Gasteiger partial charge in [-0.1, -0.05) is 18.5 Å². The molecule has 1 aromatic carbocycles. The first-order chi connectivity index (χ1) is 8.21. The fourth-order valence-corrected chi connectivity index (χ4v) is 2.40. The lowest BCUT2D eigenvalue weighted by Crippen LogP contribution is -2.19. The van der Waals surface area contributed by atoms with Crippen LogP contribution in [0.5, 0.6) is 0 Å². The predicted molar refractivity (Wildman–Crippen MR) is 72.5 cm³/mol. The molecule has 17 heavy (non-hydrogen) atoms. The molecule has 0 fully saturated rings. The number of rotatable bonds is 4. The van der Waals surface area contributed by atoms with E-state index in [4.69, 9.17) is 16.6 Å². The molecule has 3 nitrogen and oxygen atoms in total. The molecule has 0 saturated heterocycles. The van der Waals surface area contributed by atoms with Crippen LogP contribution in [0, 0.1) is 0 Å². The lowest BCUT2D eigenvalue weighted by molar-refractivity contribution is 0.517. The second-order valence-corrected chi connectivity index (χ2v) is 4.53. The third-order valence-corrected chi connectivity index (χ3v) is 3.36. The van der Waals surface area contributed by atoms with Crippen molar-refractivity contribution in [2.24, 2.45) is 0 Å². The van der Waals surface area contributed by atoms with Crippen LogP contribution in [0.1, 0.15) is 32.1 Å². The molecule has 0 aliphatic heterocycles. The van der Waals surface area contributed by atoms with E-state index in [0.717, 1.165) is 34.8 Å². The van der Waals surface area contributed by atoms with Crippen LogP contribution in [-0.2, 0) is 6.54 Å². The summed E-state index contributed by atoms with van der Waals surface area (Å²) < 4.78 is 2.23. The van der Waals surface area contributed by atoms with Gasteiger partial charge in [0.2, 0.25) is 0 Å². The van der Waals surface area contributed by atoms with E-state index in [0.29, 0.717) is 6.04 Å². The van der Waals surface area contributed by atoms with E-state index < -0.39 is 0 Å². The smallest absolute Gasteiger partial charge is 0.127 e. The minimum atomic E-state index is 0.293. The van der Waals surface area contributed by atoms with E-state index in [-0.39, 0.29) is 0 Å². The van der Waals surface area contributed by atoms with Gasteiger partial charge in [0.1, 0.15) is 5.82 Å². The normalized spacial score (nSPS) is 13.2. The molecule has 1 aromatic heterocycles. The highest BCUT2D eigenvalue weighted by molar-refractivity contribution is 6.31. The maximum Gasteiger partial charge on any atom is 0.127 e. The highest BCUT2D eigenvalue weighted by Gasteiger charge is 2.16. The Kier molecular flexibility index (Phi) is 3.69. The van der Waals surface area contributed by atoms with Gasteiger partial charge in [-0.15, -0.1) is 0 Å². The van der Waals surface area contributed by atoms with Crippen molar-refractivity contribution in [3.05, 3.63) is 29.0 Å². The molecule has 4 heteroatoms. The lowest BCUT2D eigenvalue weighted by atomic mass is 10.2. The van der Waals surface area contributed by atoms with Gasteiger partial charge < -0.3 is 9.88 Å². The Hall–Kier alpha value is -1.06. The Morgan fingerprint density at radius 1 is 1.41 bits per heavy atom. The summed E-state index contributed by atoms with van der Waals surface area (Å²) in [6.07, 6.45) is 1.02. The number of fused-ring (bicyclic) bond motifs is 1. The number of halogens is 1. The van der Waals surface area contributed by atoms with Crippen molar-refractivity contribution in [1.29, 1.82) is 0 Å². The highest BCUT2D eigenvalue weighted by atomic mass is 35.5. The van der Waals surface area contributed by atoms with E-state index >= 15 is 0 Å². The first kappa shape index (κ1) is 12.4. The van der Waals surface area contributed by atoms with Crippen LogP contribution < -0.4 is 5.32 Å². The molecule has 0 radical (unpaired) electrons. The van der Waals surface area contributed by atoms with Gasteiger partial charge in [0.15, 0.2) is 0 Å². The van der Waals surface area contributed by atoms with Gasteiger partial charge in [0.25, 0.3) is 0 Å². The topological polar surface area (TPSA) is 29.9 Å². The second-order valence-electron chi connectivity index (χ2n) is 4.10. The van der Waals surface area contributed by atoms with Crippen molar-refractivity contribution in [2.75, 3.05) is 7.05 Å². The van der Waals surface area contributed by atoms with Crippen LogP contribution >= 0.6 is 11.6 Å². The van der Waals surface area contributed by atoms with Gasteiger partial charge in [0, 0.05) is 11.6 Å². The zero-order valence-corrected chi connectivity index (χ0v) is 11.3. The fourth-order valence-electron chi connectivity index (χ4n) is 2.23. The van der Waals surface area contributed by atoms with E-state index in [1.54, 1.807) is 0 Å². The van der Waals surface area contributed by atoms with Crippen molar-refractivity contribution < 1.29 is 0 Å². The maximum absolute atomic E-state index is 6.05. The summed E-state index contributed by atoms with van der Waals surface area (Å²) in [7, 11) is 1.97. The van der Waals surface area contributed by atoms with Crippen molar-refractivity contribution in [2.45, 2.75) is 32.9 Å². The molecule has 1 heterocycles. The number of nitrogens with zero attached hydrogens (tertiary/aromatic N) is 2. The third-order valence-electron chi connectivity index (χ3n) is 3.12. The Labute approximate surface area is 107 Å². The van der Waals surface area contributed by atoms with E-state index in [1.165, 1.54) is 0 Å². The van der Waals surface area contributed by atoms with Gasteiger partial charge in [-0.2, -0.15) is 0 Å². The molecule has 2 rings (SSSR count). The van der Waals surface area contributed by atoms with Crippen LogP contribution in [0.4, 0.5) is 0 Å². The molecule has 1 unspecified atom stereocenters. The highest BCUT2D eigenvalue weighted by Crippen LogP contribution is 2.24. The molecular formula is C13H18ClN3. The van der Waals surface area contributed by atoms with Crippen LogP contribution in [0.3, 0.4) is 0 Å². The third kappa shape index (κ3) is 2.17. The number of hydrogen-bond acceptors (Lipinski definition) is 2. The summed E-state index contributed by atoms with van der Waals surface area (Å²) in [6, 6.07) is 6.15. The average Bonchev–Trinajstić information content (AvgIpc) is 2.68. The Morgan fingerprint density at radius 3 is 2.76 bits per heavy atom. The zero-order chi connectivity index (χ0) is 12.4. The number of benzene rings is 1. The number of aryl methyl sites for hydroxylation is 1. The molecular weight excluding hydrogens is 234 g/mol. The molecule has 0 amide bonds. The van der Waals surface area contributed by atoms with Crippen molar-refractivity contribution >= 4 is 22.6 Å². The molecule has 0 spiro atoms. The second kappa shape index (κ2) is 5.07. The summed E-state index contributed by atoms with van der Waals surface area (Å²) in [5, 5.41) is 4.06. The average molecular weight is 252 g/mol. The predicted octanol–water partition coefficient (Wildman–Crippen LogP) is 3.38. The minimum absolute atomic E-state index is 0.293. The first-order valence-electron chi connectivity index (χ1n) is 6.04. The summed E-state index contributed by atoms with van der Waals surface area (Å²) in [5.74, 6) is 1.09. The molecule has 0 bridgehead atoms. The quantitative estimate of drug-likeness (QED) is 0.903. The van der Waals surface area contributed by atoms with Crippen LogP contribution in [0.25, 0.3) is 11.0 Å². The Balaban J connectivity index is 2.63. The number of hydrogen-bond donors (Lipinski definition) is 1. The van der Waals surface area contributed by atoms with Gasteiger partial charge in [0.05, 0.1) is 17.1 Å². The van der Waals surface area contributed by atoms with E-state index in [9.17, 15) is 0 Å². The molecule has 2 aromatic rings. The largest absolute Gasteiger partial charge is 0.327 e. The molecule has 1 N–H and O–H groups in total. The van der Waals surface area contributed by atoms with E-state index in [2.05, 4.69) is 23.7 Å². The Bertz CT molecular complexity index is 515. The summed E-state index contributed by atoms with van der Waals surface area (Å²) in [6.45, 7) is 5.20. The molecule has 0 saturated carbocycles. The van der Waals surface area contributed by atoms with Gasteiger partial charge in [-0.25, -0.2) is 4.98 Å². The number of nitrogens with one attached hydrogen (secondary N) is 1. The summed E-state index contributed by atoms with van der Waals surface area (Å²) in [5.41, 5.74) is 2.13. The minimum Gasteiger partial charge on any atom is -0.327 e. The maximum atomic E-state index is 6.05. The zero-order valence-electron chi connectivity index (χ0n) is 10.5. The van der Waals surface area contributed by atoms with Crippen LogP contribution in [0.2, 0.25) is 5.02 Å². The van der Waals surface area contributed by atoms with E-state index in [1.807, 2.05) is 25.2 Å². The fraction of sp³-hybridized carbons (Fsp3) is 0.462. The van der Waals surface area contributed by atoms with Gasteiger partial charge in [-0.05, 0) is 38.6 Å². The van der Waals surface area contributed by atoms with Crippen LogP contribution in [-0.4, -0.2) is 16.6 Å². The van der Waals surface area contributed by atoms with Gasteiger partial charge >= 0.3 is 0 Å². The summed E-state index contributed by atoms with van der Waals surface area (Å²) >= 11 is 6.05. The molecule has 1 atom stereocenters. The SMILES string of the molecule is CCC(NC)c1nc2ccc(Cl)cc2n1CC. The lowest BCUT2D eigenvalue weighted by Gasteiger charge is -2.15. The number of aromatic nitrogens is 2. The Morgan fingerprint density at radius 2 is 2.18 bits per heavy atom. The first-order valence-corrected chi connectivity index (χ1v) is 6.42. The summed E-state index contributed by atoms with van der Waals surface area (Å²) in [4.78, 5) is 4.71. The number of imidazole rings is 1. The van der Waals surface area contributed by atoms with Crippen LogP contribution in [0.15, 0.2) is 18.2 Å². The van der Waals surface area contributed by atoms with Crippen molar-refractivity contribution in [3.63, 3.8) is 0 Å². The molecule has 0 aliphatic carbocycles. The van der Waals surface area contributed by atoms with Gasteiger partial charge in [-0.3, -0.25) is 0 Å². The molecule has 92 valence electrons. The monoisotopic (exact) mass is 251 g/mol. The van der Waals surface area contributed by atoms with Crippen molar-refractivity contribution in [1.82, 2.24) is 14.9 Å². The molecule has 0 aliphatic rings.